The van der Waals surface area contributed by atoms with E-state index in [-0.39, 0.29) is 18.0 Å². The Labute approximate surface area is 78.9 Å². The van der Waals surface area contributed by atoms with Crippen LogP contribution in [0.1, 0.15) is 26.2 Å². The standard InChI is InChI=1S/C9H18N2O2/c1-7(9(10)11)13-6-8-4-2-3-5-12-8/h7-8H,2-6H2,1H3,(H3,10,11). The zero-order valence-corrected chi connectivity index (χ0v) is 8.08. The first-order chi connectivity index (χ1) is 6.20. The summed E-state index contributed by atoms with van der Waals surface area (Å²) in [4.78, 5) is 0. The van der Waals surface area contributed by atoms with Gasteiger partial charge in [-0.05, 0) is 26.2 Å². The number of nitrogens with one attached hydrogen (secondary N) is 1. The summed E-state index contributed by atoms with van der Waals surface area (Å²) in [6.07, 6.45) is 3.34. The summed E-state index contributed by atoms with van der Waals surface area (Å²) >= 11 is 0. The monoisotopic (exact) mass is 186 g/mol. The Balaban J connectivity index is 2.13. The zero-order chi connectivity index (χ0) is 9.68. The lowest BCUT2D eigenvalue weighted by Gasteiger charge is -2.23. The van der Waals surface area contributed by atoms with Crippen molar-refractivity contribution < 1.29 is 9.47 Å². The van der Waals surface area contributed by atoms with Crippen LogP contribution < -0.4 is 5.73 Å². The molecule has 4 nitrogen and oxygen atoms in total. The van der Waals surface area contributed by atoms with E-state index in [9.17, 15) is 0 Å². The van der Waals surface area contributed by atoms with Crippen LogP contribution >= 0.6 is 0 Å². The molecule has 1 aliphatic heterocycles. The molecule has 4 heteroatoms. The van der Waals surface area contributed by atoms with Gasteiger partial charge in [-0.3, -0.25) is 5.41 Å². The van der Waals surface area contributed by atoms with Gasteiger partial charge in [0, 0.05) is 6.61 Å². The number of hydrogen-bond donors (Lipinski definition) is 2. The third-order valence-corrected chi connectivity index (χ3v) is 2.24. The van der Waals surface area contributed by atoms with Gasteiger partial charge in [0.1, 0.15) is 11.9 Å². The lowest BCUT2D eigenvalue weighted by atomic mass is 10.1. The molecule has 0 bridgehead atoms. The summed E-state index contributed by atoms with van der Waals surface area (Å²) in [6, 6.07) is 0. The Bertz CT molecular complexity index is 167. The van der Waals surface area contributed by atoms with Crippen LogP contribution in [0.2, 0.25) is 0 Å². The van der Waals surface area contributed by atoms with E-state index >= 15 is 0 Å². The Morgan fingerprint density at radius 1 is 1.69 bits per heavy atom. The minimum atomic E-state index is -0.287. The molecule has 0 aliphatic carbocycles. The molecule has 1 rings (SSSR count). The molecule has 1 aliphatic rings. The fourth-order valence-corrected chi connectivity index (χ4v) is 1.28. The maximum Gasteiger partial charge on any atom is 0.120 e. The van der Waals surface area contributed by atoms with Crippen LogP contribution in [0.5, 0.6) is 0 Å². The molecular weight excluding hydrogens is 168 g/mol. The van der Waals surface area contributed by atoms with Gasteiger partial charge in [-0.25, -0.2) is 0 Å². The summed E-state index contributed by atoms with van der Waals surface area (Å²) in [5, 5.41) is 7.13. The van der Waals surface area contributed by atoms with Gasteiger partial charge in [-0.2, -0.15) is 0 Å². The van der Waals surface area contributed by atoms with Gasteiger partial charge in [-0.1, -0.05) is 0 Å². The molecule has 13 heavy (non-hydrogen) atoms. The van der Waals surface area contributed by atoms with E-state index in [4.69, 9.17) is 20.6 Å². The van der Waals surface area contributed by atoms with Crippen molar-refractivity contribution in [1.29, 1.82) is 5.41 Å². The van der Waals surface area contributed by atoms with E-state index in [1.165, 1.54) is 6.42 Å². The van der Waals surface area contributed by atoms with Gasteiger partial charge in [0.15, 0.2) is 0 Å². The van der Waals surface area contributed by atoms with Crippen molar-refractivity contribution in [2.24, 2.45) is 5.73 Å². The first-order valence-corrected chi connectivity index (χ1v) is 4.77. The molecule has 0 aromatic carbocycles. The molecule has 1 saturated heterocycles. The van der Waals surface area contributed by atoms with Crippen molar-refractivity contribution in [3.05, 3.63) is 0 Å². The zero-order valence-electron chi connectivity index (χ0n) is 8.08. The first kappa shape index (κ1) is 10.5. The second kappa shape index (κ2) is 5.19. The number of hydrogen-bond acceptors (Lipinski definition) is 3. The van der Waals surface area contributed by atoms with Crippen LogP contribution in [-0.2, 0) is 9.47 Å². The molecule has 3 N–H and O–H groups in total. The Morgan fingerprint density at radius 3 is 3.00 bits per heavy atom. The highest BCUT2D eigenvalue weighted by Crippen LogP contribution is 2.13. The number of rotatable bonds is 4. The summed E-state index contributed by atoms with van der Waals surface area (Å²) < 4.78 is 10.8. The van der Waals surface area contributed by atoms with Crippen LogP contribution in [0.25, 0.3) is 0 Å². The molecule has 1 heterocycles. The minimum Gasteiger partial charge on any atom is -0.385 e. The maximum atomic E-state index is 7.13. The third kappa shape index (κ3) is 3.74. The van der Waals surface area contributed by atoms with Gasteiger partial charge in [0.05, 0.1) is 12.7 Å². The van der Waals surface area contributed by atoms with Crippen molar-refractivity contribution in [2.45, 2.75) is 38.4 Å². The Kier molecular flexibility index (Phi) is 4.18. The molecule has 2 atom stereocenters. The second-order valence-electron chi connectivity index (χ2n) is 3.42. The fraction of sp³-hybridized carbons (Fsp3) is 0.889. The average molecular weight is 186 g/mol. The van der Waals surface area contributed by atoms with Crippen molar-refractivity contribution in [3.63, 3.8) is 0 Å². The predicted octanol–water partition coefficient (Wildman–Crippen LogP) is 0.897. The number of nitrogens with two attached hydrogens (primary N) is 1. The molecule has 0 amide bonds. The van der Waals surface area contributed by atoms with Gasteiger partial charge < -0.3 is 15.2 Å². The van der Waals surface area contributed by atoms with Gasteiger partial charge in [0.2, 0.25) is 0 Å². The second-order valence-corrected chi connectivity index (χ2v) is 3.42. The highest BCUT2D eigenvalue weighted by atomic mass is 16.5. The highest BCUT2D eigenvalue weighted by Gasteiger charge is 2.15. The number of amidine groups is 1. The molecule has 0 spiro atoms. The fourth-order valence-electron chi connectivity index (χ4n) is 1.28. The van der Waals surface area contributed by atoms with Gasteiger partial charge in [-0.15, -0.1) is 0 Å². The molecule has 0 aromatic rings. The third-order valence-electron chi connectivity index (χ3n) is 2.24. The number of ether oxygens (including phenoxy) is 2. The van der Waals surface area contributed by atoms with Crippen molar-refractivity contribution in [1.82, 2.24) is 0 Å². The maximum absolute atomic E-state index is 7.13. The minimum absolute atomic E-state index is 0.0795. The van der Waals surface area contributed by atoms with Gasteiger partial charge >= 0.3 is 0 Å². The summed E-state index contributed by atoms with van der Waals surface area (Å²) in [5.74, 6) is 0.0795. The van der Waals surface area contributed by atoms with Crippen molar-refractivity contribution >= 4 is 5.84 Å². The van der Waals surface area contributed by atoms with Crippen LogP contribution in [-0.4, -0.2) is 31.3 Å². The van der Waals surface area contributed by atoms with E-state index in [0.29, 0.717) is 6.61 Å². The van der Waals surface area contributed by atoms with E-state index in [1.54, 1.807) is 6.92 Å². The Hall–Kier alpha value is -0.610. The van der Waals surface area contributed by atoms with Crippen LogP contribution in [0.4, 0.5) is 0 Å². The lowest BCUT2D eigenvalue weighted by molar-refractivity contribution is -0.0472. The SMILES string of the molecule is CC(OCC1CCCCO1)C(=N)N. The van der Waals surface area contributed by atoms with Crippen LogP contribution in [0.3, 0.4) is 0 Å². The molecule has 0 aromatic heterocycles. The topological polar surface area (TPSA) is 68.3 Å². The molecule has 76 valence electrons. The quantitative estimate of drug-likeness (QED) is 0.506. The van der Waals surface area contributed by atoms with Crippen LogP contribution in [0, 0.1) is 5.41 Å². The van der Waals surface area contributed by atoms with E-state index in [1.807, 2.05) is 0 Å². The highest BCUT2D eigenvalue weighted by molar-refractivity contribution is 5.81. The van der Waals surface area contributed by atoms with Crippen LogP contribution in [0.15, 0.2) is 0 Å². The van der Waals surface area contributed by atoms with Gasteiger partial charge in [0.25, 0.3) is 0 Å². The smallest absolute Gasteiger partial charge is 0.120 e. The lowest BCUT2D eigenvalue weighted by Crippen LogP contribution is -2.32. The summed E-state index contributed by atoms with van der Waals surface area (Å²) in [6.45, 7) is 3.17. The summed E-state index contributed by atoms with van der Waals surface area (Å²) in [5.41, 5.74) is 5.27. The Morgan fingerprint density at radius 2 is 2.46 bits per heavy atom. The first-order valence-electron chi connectivity index (χ1n) is 4.77. The van der Waals surface area contributed by atoms with Crippen molar-refractivity contribution in [2.75, 3.05) is 13.2 Å². The van der Waals surface area contributed by atoms with E-state index < -0.39 is 0 Å². The normalized spacial score (nSPS) is 25.5. The van der Waals surface area contributed by atoms with E-state index in [0.717, 1.165) is 19.4 Å². The average Bonchev–Trinajstić information content (AvgIpc) is 2.15. The molecule has 0 saturated carbocycles. The molecule has 1 fully saturated rings. The predicted molar refractivity (Wildman–Crippen MR) is 50.9 cm³/mol. The molecule has 0 radical (unpaired) electrons. The molecular formula is C9H18N2O2. The molecule has 2 unspecified atom stereocenters. The van der Waals surface area contributed by atoms with Crippen molar-refractivity contribution in [3.8, 4) is 0 Å². The van der Waals surface area contributed by atoms with E-state index in [2.05, 4.69) is 0 Å². The largest absolute Gasteiger partial charge is 0.385 e. The summed E-state index contributed by atoms with van der Waals surface area (Å²) in [7, 11) is 0.